The zero-order chi connectivity index (χ0) is 8.60. The van der Waals surface area contributed by atoms with E-state index in [2.05, 4.69) is 43.3 Å². The van der Waals surface area contributed by atoms with Crippen molar-refractivity contribution >= 4 is 6.08 Å². The standard InChI is InChI=1S/C11H13N/c1-11(12)7-6-9-4-2-3-5-10(9)8-11/h2-7H,8,12H2,1H3. The Labute approximate surface area is 72.9 Å². The fraction of sp³-hybridized carbons (Fsp3) is 0.273. The van der Waals surface area contributed by atoms with E-state index in [0.717, 1.165) is 6.42 Å². The number of hydrogen-bond acceptors (Lipinski definition) is 1. The number of benzene rings is 1. The smallest absolute Gasteiger partial charge is 0.0354 e. The monoisotopic (exact) mass is 159 g/mol. The Morgan fingerprint density at radius 1 is 1.33 bits per heavy atom. The van der Waals surface area contributed by atoms with Crippen molar-refractivity contribution in [3.05, 3.63) is 41.5 Å². The van der Waals surface area contributed by atoms with Gasteiger partial charge in [-0.25, -0.2) is 0 Å². The maximum atomic E-state index is 6.01. The first-order valence-corrected chi connectivity index (χ1v) is 4.23. The van der Waals surface area contributed by atoms with Crippen molar-refractivity contribution in [3.8, 4) is 0 Å². The maximum absolute atomic E-state index is 6.01. The number of hydrogen-bond donors (Lipinski definition) is 1. The maximum Gasteiger partial charge on any atom is 0.0354 e. The Bertz CT molecular complexity index is 324. The van der Waals surface area contributed by atoms with Crippen LogP contribution in [-0.4, -0.2) is 5.54 Å². The zero-order valence-corrected chi connectivity index (χ0v) is 7.25. The van der Waals surface area contributed by atoms with Gasteiger partial charge >= 0.3 is 0 Å². The molecule has 0 spiro atoms. The van der Waals surface area contributed by atoms with Crippen LogP contribution in [0.1, 0.15) is 18.1 Å². The molecule has 1 heteroatoms. The van der Waals surface area contributed by atoms with Crippen LogP contribution >= 0.6 is 0 Å². The minimum atomic E-state index is -0.158. The van der Waals surface area contributed by atoms with Crippen LogP contribution < -0.4 is 5.73 Å². The van der Waals surface area contributed by atoms with E-state index in [1.165, 1.54) is 11.1 Å². The van der Waals surface area contributed by atoms with Gasteiger partial charge in [-0.2, -0.15) is 0 Å². The molecule has 0 saturated carbocycles. The van der Waals surface area contributed by atoms with Crippen LogP contribution in [0.5, 0.6) is 0 Å². The third kappa shape index (κ3) is 1.28. The van der Waals surface area contributed by atoms with Crippen molar-refractivity contribution in [3.63, 3.8) is 0 Å². The summed E-state index contributed by atoms with van der Waals surface area (Å²) in [6.07, 6.45) is 5.13. The molecule has 1 aromatic carbocycles. The van der Waals surface area contributed by atoms with Gasteiger partial charge in [-0.1, -0.05) is 36.4 Å². The molecule has 62 valence electrons. The summed E-state index contributed by atoms with van der Waals surface area (Å²) in [5, 5.41) is 0. The molecule has 1 aliphatic carbocycles. The molecule has 0 radical (unpaired) electrons. The molecule has 0 aromatic heterocycles. The highest BCUT2D eigenvalue weighted by Crippen LogP contribution is 2.23. The van der Waals surface area contributed by atoms with E-state index < -0.39 is 0 Å². The molecule has 1 aliphatic rings. The SMILES string of the molecule is CC1(N)C=Cc2ccccc2C1. The van der Waals surface area contributed by atoms with Crippen molar-refractivity contribution in [2.24, 2.45) is 5.73 Å². The molecular formula is C11H13N. The lowest BCUT2D eigenvalue weighted by Gasteiger charge is -2.25. The molecule has 2 N–H and O–H groups in total. The van der Waals surface area contributed by atoms with E-state index in [-0.39, 0.29) is 5.54 Å². The van der Waals surface area contributed by atoms with Crippen molar-refractivity contribution in [1.29, 1.82) is 0 Å². The van der Waals surface area contributed by atoms with Gasteiger partial charge in [0, 0.05) is 5.54 Å². The summed E-state index contributed by atoms with van der Waals surface area (Å²) < 4.78 is 0. The number of nitrogens with two attached hydrogens (primary N) is 1. The Balaban J connectivity index is 2.46. The topological polar surface area (TPSA) is 26.0 Å². The Morgan fingerprint density at radius 3 is 2.92 bits per heavy atom. The van der Waals surface area contributed by atoms with Crippen LogP contribution in [0.15, 0.2) is 30.3 Å². The molecule has 0 fully saturated rings. The van der Waals surface area contributed by atoms with E-state index in [4.69, 9.17) is 5.73 Å². The van der Waals surface area contributed by atoms with Gasteiger partial charge in [-0.3, -0.25) is 0 Å². The quantitative estimate of drug-likeness (QED) is 0.615. The van der Waals surface area contributed by atoms with Crippen LogP contribution in [0.4, 0.5) is 0 Å². The summed E-state index contributed by atoms with van der Waals surface area (Å²) >= 11 is 0. The Kier molecular flexibility index (Phi) is 1.55. The first-order valence-electron chi connectivity index (χ1n) is 4.23. The highest BCUT2D eigenvalue weighted by atomic mass is 14.7. The van der Waals surface area contributed by atoms with Gasteiger partial charge in [0.15, 0.2) is 0 Å². The van der Waals surface area contributed by atoms with Gasteiger partial charge in [0.25, 0.3) is 0 Å². The minimum Gasteiger partial charge on any atom is -0.322 e. The lowest BCUT2D eigenvalue weighted by Crippen LogP contribution is -2.37. The van der Waals surface area contributed by atoms with Crippen LogP contribution in [0, 0.1) is 0 Å². The predicted octanol–water partition coefficient (Wildman–Crippen LogP) is 1.97. The lowest BCUT2D eigenvalue weighted by atomic mass is 9.86. The highest BCUT2D eigenvalue weighted by molar-refractivity contribution is 5.58. The van der Waals surface area contributed by atoms with Gasteiger partial charge in [0.2, 0.25) is 0 Å². The van der Waals surface area contributed by atoms with Gasteiger partial charge in [0.05, 0.1) is 0 Å². The predicted molar refractivity (Wildman–Crippen MR) is 51.8 cm³/mol. The largest absolute Gasteiger partial charge is 0.322 e. The van der Waals surface area contributed by atoms with E-state index in [1.54, 1.807) is 0 Å². The molecule has 0 heterocycles. The molecule has 1 aromatic rings. The normalized spacial score (nSPS) is 26.8. The summed E-state index contributed by atoms with van der Waals surface area (Å²) in [7, 11) is 0. The second-order valence-corrected chi connectivity index (χ2v) is 3.71. The average Bonchev–Trinajstić information content (AvgIpc) is 2.02. The molecule has 1 unspecified atom stereocenters. The summed E-state index contributed by atoms with van der Waals surface area (Å²) in [5.41, 5.74) is 8.51. The third-order valence-corrected chi connectivity index (χ3v) is 2.27. The summed E-state index contributed by atoms with van der Waals surface area (Å²) in [6, 6.07) is 8.39. The summed E-state index contributed by atoms with van der Waals surface area (Å²) in [5.74, 6) is 0. The second-order valence-electron chi connectivity index (χ2n) is 3.71. The molecule has 1 nitrogen and oxygen atoms in total. The third-order valence-electron chi connectivity index (χ3n) is 2.27. The van der Waals surface area contributed by atoms with E-state index in [0.29, 0.717) is 0 Å². The summed E-state index contributed by atoms with van der Waals surface area (Å²) in [4.78, 5) is 0. The Hall–Kier alpha value is -1.08. The molecule has 0 saturated heterocycles. The molecule has 0 bridgehead atoms. The molecule has 1 atom stereocenters. The first-order chi connectivity index (χ1) is 5.67. The van der Waals surface area contributed by atoms with Gasteiger partial charge in [-0.15, -0.1) is 0 Å². The average molecular weight is 159 g/mol. The van der Waals surface area contributed by atoms with Crippen LogP contribution in [-0.2, 0) is 6.42 Å². The molecule has 2 rings (SSSR count). The van der Waals surface area contributed by atoms with Crippen molar-refractivity contribution in [2.75, 3.05) is 0 Å². The summed E-state index contributed by atoms with van der Waals surface area (Å²) in [6.45, 7) is 2.06. The highest BCUT2D eigenvalue weighted by Gasteiger charge is 2.19. The minimum absolute atomic E-state index is 0.158. The fourth-order valence-corrected chi connectivity index (χ4v) is 1.61. The number of rotatable bonds is 0. The first kappa shape index (κ1) is 7.56. The van der Waals surface area contributed by atoms with Crippen molar-refractivity contribution in [2.45, 2.75) is 18.9 Å². The second kappa shape index (κ2) is 2.46. The molecular weight excluding hydrogens is 146 g/mol. The lowest BCUT2D eigenvalue weighted by molar-refractivity contribution is 0.578. The van der Waals surface area contributed by atoms with E-state index in [9.17, 15) is 0 Å². The Morgan fingerprint density at radius 2 is 2.08 bits per heavy atom. The molecule has 12 heavy (non-hydrogen) atoms. The molecule has 0 amide bonds. The van der Waals surface area contributed by atoms with E-state index in [1.807, 2.05) is 0 Å². The zero-order valence-electron chi connectivity index (χ0n) is 7.25. The van der Waals surface area contributed by atoms with Crippen LogP contribution in [0.25, 0.3) is 6.08 Å². The number of fused-ring (bicyclic) bond motifs is 1. The van der Waals surface area contributed by atoms with Crippen LogP contribution in [0.2, 0.25) is 0 Å². The van der Waals surface area contributed by atoms with Crippen molar-refractivity contribution < 1.29 is 0 Å². The van der Waals surface area contributed by atoms with Crippen molar-refractivity contribution in [1.82, 2.24) is 0 Å². The van der Waals surface area contributed by atoms with E-state index >= 15 is 0 Å². The van der Waals surface area contributed by atoms with Gasteiger partial charge < -0.3 is 5.73 Å². The van der Waals surface area contributed by atoms with Crippen LogP contribution in [0.3, 0.4) is 0 Å². The van der Waals surface area contributed by atoms with Gasteiger partial charge in [0.1, 0.15) is 0 Å². The van der Waals surface area contributed by atoms with Gasteiger partial charge in [-0.05, 0) is 24.5 Å². The molecule has 0 aliphatic heterocycles. The fourth-order valence-electron chi connectivity index (χ4n) is 1.61.